The molecule has 0 radical (unpaired) electrons. The molecule has 0 saturated heterocycles. The lowest BCUT2D eigenvalue weighted by molar-refractivity contribution is 0.104. The summed E-state index contributed by atoms with van der Waals surface area (Å²) in [6.07, 6.45) is 2.51. The second kappa shape index (κ2) is 5.76. The van der Waals surface area contributed by atoms with Gasteiger partial charge in [0, 0.05) is 11.1 Å². The number of ketones is 1. The highest BCUT2D eigenvalue weighted by Crippen LogP contribution is 2.20. The molecule has 4 heteroatoms. The fourth-order valence-electron chi connectivity index (χ4n) is 1.54. The molecule has 0 aliphatic carbocycles. The third-order valence-corrected chi connectivity index (χ3v) is 2.86. The van der Waals surface area contributed by atoms with Gasteiger partial charge in [-0.25, -0.2) is 8.78 Å². The van der Waals surface area contributed by atoms with Crippen LogP contribution in [0.5, 0.6) is 0 Å². The molecule has 96 valence electrons. The van der Waals surface area contributed by atoms with Crippen LogP contribution in [0, 0.1) is 11.6 Å². The highest BCUT2D eigenvalue weighted by molar-refractivity contribution is 6.32. The molecular weight excluding hydrogens is 270 g/mol. The Morgan fingerprint density at radius 1 is 1.05 bits per heavy atom. The third-order valence-electron chi connectivity index (χ3n) is 2.53. The molecular formula is C15H9ClF2O. The molecule has 0 spiro atoms. The normalized spacial score (nSPS) is 10.9. The summed E-state index contributed by atoms with van der Waals surface area (Å²) in [5.41, 5.74) is 0.477. The van der Waals surface area contributed by atoms with Crippen molar-refractivity contribution in [2.45, 2.75) is 0 Å². The summed E-state index contributed by atoms with van der Waals surface area (Å²) in [4.78, 5) is 11.8. The van der Waals surface area contributed by atoms with E-state index in [2.05, 4.69) is 0 Å². The largest absolute Gasteiger partial charge is 0.289 e. The van der Waals surface area contributed by atoms with Crippen molar-refractivity contribution in [3.8, 4) is 0 Å². The van der Waals surface area contributed by atoms with Crippen LogP contribution in [-0.2, 0) is 0 Å². The Hall–Kier alpha value is -2.00. The van der Waals surface area contributed by atoms with E-state index in [0.29, 0.717) is 5.56 Å². The van der Waals surface area contributed by atoms with Crippen LogP contribution in [0.15, 0.2) is 48.5 Å². The van der Waals surface area contributed by atoms with Crippen molar-refractivity contribution in [2.75, 3.05) is 0 Å². The van der Waals surface area contributed by atoms with Crippen LogP contribution in [0.1, 0.15) is 15.9 Å². The first-order valence-corrected chi connectivity index (χ1v) is 5.88. The molecule has 0 aliphatic heterocycles. The second-order valence-electron chi connectivity index (χ2n) is 3.84. The van der Waals surface area contributed by atoms with E-state index in [4.69, 9.17) is 11.6 Å². The van der Waals surface area contributed by atoms with E-state index < -0.39 is 11.6 Å². The maximum atomic E-state index is 13.5. The van der Waals surface area contributed by atoms with Crippen molar-refractivity contribution >= 4 is 23.5 Å². The summed E-state index contributed by atoms with van der Waals surface area (Å²) >= 11 is 5.83. The van der Waals surface area contributed by atoms with E-state index >= 15 is 0 Å². The Bertz CT molecular complexity index is 613. The van der Waals surface area contributed by atoms with E-state index in [9.17, 15) is 13.6 Å². The fraction of sp³-hybridized carbons (Fsp3) is 0. The first-order valence-electron chi connectivity index (χ1n) is 5.50. The van der Waals surface area contributed by atoms with Crippen LogP contribution < -0.4 is 0 Å². The van der Waals surface area contributed by atoms with Crippen molar-refractivity contribution in [1.82, 2.24) is 0 Å². The zero-order valence-corrected chi connectivity index (χ0v) is 10.5. The number of hydrogen-bond donors (Lipinski definition) is 0. The van der Waals surface area contributed by atoms with E-state index in [-0.39, 0.29) is 16.4 Å². The Labute approximate surface area is 114 Å². The van der Waals surface area contributed by atoms with Gasteiger partial charge in [0.1, 0.15) is 11.6 Å². The summed E-state index contributed by atoms with van der Waals surface area (Å²) < 4.78 is 26.2. The molecule has 0 bridgehead atoms. The van der Waals surface area contributed by atoms with Crippen molar-refractivity contribution in [3.05, 3.63) is 76.3 Å². The Balaban J connectivity index is 2.23. The minimum atomic E-state index is -0.504. The Kier molecular flexibility index (Phi) is 4.07. The summed E-state index contributed by atoms with van der Waals surface area (Å²) in [5, 5.41) is 0.225. The zero-order chi connectivity index (χ0) is 13.8. The number of hydrogen-bond acceptors (Lipinski definition) is 1. The van der Waals surface area contributed by atoms with Crippen LogP contribution >= 0.6 is 11.6 Å². The van der Waals surface area contributed by atoms with Gasteiger partial charge in [0.15, 0.2) is 5.78 Å². The lowest BCUT2D eigenvalue weighted by Gasteiger charge is -1.99. The Morgan fingerprint density at radius 3 is 2.37 bits per heavy atom. The second-order valence-corrected chi connectivity index (χ2v) is 4.25. The summed E-state index contributed by atoms with van der Waals surface area (Å²) in [6, 6.07) is 9.39. The topological polar surface area (TPSA) is 17.1 Å². The van der Waals surface area contributed by atoms with E-state index in [1.807, 2.05) is 0 Å². The number of carbonyl (C=O) groups is 1. The van der Waals surface area contributed by atoms with E-state index in [1.54, 1.807) is 0 Å². The van der Waals surface area contributed by atoms with E-state index in [1.165, 1.54) is 54.6 Å². The van der Waals surface area contributed by atoms with Crippen LogP contribution in [0.25, 0.3) is 6.08 Å². The third kappa shape index (κ3) is 3.26. The molecule has 0 heterocycles. The highest BCUT2D eigenvalue weighted by Gasteiger charge is 2.05. The minimum absolute atomic E-state index is 0.152. The van der Waals surface area contributed by atoms with Crippen LogP contribution in [0.2, 0.25) is 5.02 Å². The van der Waals surface area contributed by atoms with Crippen molar-refractivity contribution in [3.63, 3.8) is 0 Å². The standard InChI is InChI=1S/C15H9ClF2O/c16-13-2-1-3-14(18)12(13)8-9-15(19)10-4-6-11(17)7-5-10/h1-9H/b9-8+. The van der Waals surface area contributed by atoms with Crippen molar-refractivity contribution < 1.29 is 13.6 Å². The van der Waals surface area contributed by atoms with Gasteiger partial charge >= 0.3 is 0 Å². The fourth-order valence-corrected chi connectivity index (χ4v) is 1.77. The smallest absolute Gasteiger partial charge is 0.185 e. The predicted octanol–water partition coefficient (Wildman–Crippen LogP) is 4.51. The number of benzene rings is 2. The summed E-state index contributed by atoms with van der Waals surface area (Å²) in [5.74, 6) is -1.27. The van der Waals surface area contributed by atoms with Gasteiger partial charge in [-0.3, -0.25) is 4.79 Å². The molecule has 0 saturated carbocycles. The van der Waals surface area contributed by atoms with Gasteiger partial charge < -0.3 is 0 Å². The summed E-state index contributed by atoms with van der Waals surface area (Å²) in [7, 11) is 0. The van der Waals surface area contributed by atoms with Gasteiger partial charge in [-0.05, 0) is 48.6 Å². The molecule has 0 aromatic heterocycles. The molecule has 0 atom stereocenters. The van der Waals surface area contributed by atoms with Crippen LogP contribution in [-0.4, -0.2) is 5.78 Å². The first kappa shape index (κ1) is 13.4. The number of carbonyl (C=O) groups excluding carboxylic acids is 1. The van der Waals surface area contributed by atoms with Gasteiger partial charge in [-0.1, -0.05) is 17.7 Å². The molecule has 2 aromatic carbocycles. The number of halogens is 3. The van der Waals surface area contributed by atoms with Gasteiger partial charge in [-0.15, -0.1) is 0 Å². The van der Waals surface area contributed by atoms with Gasteiger partial charge in [-0.2, -0.15) is 0 Å². The van der Waals surface area contributed by atoms with Crippen molar-refractivity contribution in [2.24, 2.45) is 0 Å². The quantitative estimate of drug-likeness (QED) is 0.596. The molecule has 0 fully saturated rings. The average Bonchev–Trinajstić information content (AvgIpc) is 2.38. The molecule has 2 aromatic rings. The SMILES string of the molecule is O=C(/C=C/c1c(F)cccc1Cl)c1ccc(F)cc1. The summed E-state index contributed by atoms with van der Waals surface area (Å²) in [6.45, 7) is 0. The maximum absolute atomic E-state index is 13.5. The number of rotatable bonds is 3. The van der Waals surface area contributed by atoms with Crippen LogP contribution in [0.3, 0.4) is 0 Å². The van der Waals surface area contributed by atoms with Crippen LogP contribution in [0.4, 0.5) is 8.78 Å². The van der Waals surface area contributed by atoms with Crippen molar-refractivity contribution in [1.29, 1.82) is 0 Å². The number of allylic oxidation sites excluding steroid dienone is 1. The first-order chi connectivity index (χ1) is 9.08. The monoisotopic (exact) mass is 278 g/mol. The van der Waals surface area contributed by atoms with E-state index in [0.717, 1.165) is 0 Å². The Morgan fingerprint density at radius 2 is 1.74 bits per heavy atom. The van der Waals surface area contributed by atoms with Gasteiger partial charge in [0.05, 0.1) is 5.02 Å². The lowest BCUT2D eigenvalue weighted by Crippen LogP contribution is -1.94. The maximum Gasteiger partial charge on any atom is 0.185 e. The molecule has 0 unspecified atom stereocenters. The highest BCUT2D eigenvalue weighted by atomic mass is 35.5. The van der Waals surface area contributed by atoms with Gasteiger partial charge in [0.25, 0.3) is 0 Å². The molecule has 19 heavy (non-hydrogen) atoms. The molecule has 2 rings (SSSR count). The molecule has 1 nitrogen and oxygen atoms in total. The van der Waals surface area contributed by atoms with Gasteiger partial charge in [0.2, 0.25) is 0 Å². The minimum Gasteiger partial charge on any atom is -0.289 e. The predicted molar refractivity (Wildman–Crippen MR) is 71.2 cm³/mol. The molecule has 0 amide bonds. The molecule has 0 N–H and O–H groups in total. The lowest BCUT2D eigenvalue weighted by atomic mass is 10.1. The molecule has 0 aliphatic rings. The average molecular weight is 279 g/mol. The zero-order valence-electron chi connectivity index (χ0n) is 9.74.